The maximum Gasteiger partial charge on any atom is 0.411 e. The van der Waals surface area contributed by atoms with Crippen LogP contribution in [0, 0.1) is 6.92 Å². The molecule has 1 aromatic carbocycles. The average Bonchev–Trinajstić information content (AvgIpc) is 3.39. The molecule has 30 heavy (non-hydrogen) atoms. The van der Waals surface area contributed by atoms with Crippen molar-refractivity contribution in [2.24, 2.45) is 5.73 Å². The Morgan fingerprint density at radius 2 is 2.13 bits per heavy atom. The molecule has 9 heteroatoms. The molecule has 2 atom stereocenters. The lowest BCUT2D eigenvalue weighted by molar-refractivity contribution is 0.187. The number of carbonyl (C=O) groups is 1. The molecule has 0 aliphatic carbocycles. The smallest absolute Gasteiger partial charge is 0.411 e. The van der Waals surface area contributed by atoms with E-state index in [1.807, 2.05) is 31.3 Å². The second-order valence-electron chi connectivity index (χ2n) is 7.46. The van der Waals surface area contributed by atoms with Crippen LogP contribution >= 0.6 is 11.3 Å². The SMILES string of the molecule is COC(=O)Nc1ccc2c(c1)NC(c1nc(C)cs1)CCCCC(N)c1nc-2c[nH]1. The highest BCUT2D eigenvalue weighted by Crippen LogP contribution is 2.36. The summed E-state index contributed by atoms with van der Waals surface area (Å²) in [7, 11) is 1.34. The van der Waals surface area contributed by atoms with E-state index in [0.717, 1.165) is 59.2 Å². The minimum absolute atomic E-state index is 0.0601. The van der Waals surface area contributed by atoms with Gasteiger partial charge in [-0.05, 0) is 38.0 Å². The summed E-state index contributed by atoms with van der Waals surface area (Å²) in [5.41, 5.74) is 10.6. The molecule has 1 aliphatic rings. The van der Waals surface area contributed by atoms with Crippen LogP contribution in [0.25, 0.3) is 11.3 Å². The Labute approximate surface area is 179 Å². The lowest BCUT2D eigenvalue weighted by atomic mass is 10.0. The third-order valence-corrected chi connectivity index (χ3v) is 6.27. The number of anilines is 2. The number of rotatable bonds is 2. The quantitative estimate of drug-likeness (QED) is 0.470. The number of methoxy groups -OCH3 is 1. The number of nitrogens with two attached hydrogens (primary N) is 1. The van der Waals surface area contributed by atoms with E-state index in [2.05, 4.69) is 21.0 Å². The number of benzene rings is 1. The summed E-state index contributed by atoms with van der Waals surface area (Å²) >= 11 is 1.66. The number of amides is 1. The number of thiazole rings is 1. The van der Waals surface area contributed by atoms with Gasteiger partial charge in [0.25, 0.3) is 0 Å². The Kier molecular flexibility index (Phi) is 6.01. The number of nitrogens with zero attached hydrogens (tertiary/aromatic N) is 2. The van der Waals surface area contributed by atoms with Crippen molar-refractivity contribution in [2.75, 3.05) is 17.7 Å². The molecule has 0 radical (unpaired) electrons. The van der Waals surface area contributed by atoms with E-state index in [4.69, 9.17) is 20.4 Å². The number of nitrogens with one attached hydrogen (secondary N) is 3. The summed E-state index contributed by atoms with van der Waals surface area (Å²) in [6, 6.07) is 5.62. The predicted molar refractivity (Wildman–Crippen MR) is 119 cm³/mol. The Morgan fingerprint density at radius 1 is 1.30 bits per heavy atom. The lowest BCUT2D eigenvalue weighted by Gasteiger charge is -2.21. The van der Waals surface area contributed by atoms with E-state index >= 15 is 0 Å². The van der Waals surface area contributed by atoms with Crippen LogP contribution in [-0.4, -0.2) is 28.2 Å². The predicted octanol–water partition coefficient (Wildman–Crippen LogP) is 4.75. The van der Waals surface area contributed by atoms with Gasteiger partial charge < -0.3 is 20.8 Å². The summed E-state index contributed by atoms with van der Waals surface area (Å²) in [6.07, 6.45) is 5.22. The maximum atomic E-state index is 11.7. The fourth-order valence-corrected chi connectivity index (χ4v) is 4.51. The molecule has 0 saturated carbocycles. The Morgan fingerprint density at radius 3 is 2.90 bits per heavy atom. The van der Waals surface area contributed by atoms with Crippen molar-refractivity contribution in [3.8, 4) is 11.3 Å². The molecule has 5 N–H and O–H groups in total. The van der Waals surface area contributed by atoms with Crippen LogP contribution in [0.2, 0.25) is 0 Å². The highest BCUT2D eigenvalue weighted by molar-refractivity contribution is 7.09. The minimum atomic E-state index is -0.511. The molecule has 1 aliphatic heterocycles. The van der Waals surface area contributed by atoms with Gasteiger partial charge in [0.1, 0.15) is 10.8 Å². The third kappa shape index (κ3) is 4.47. The van der Waals surface area contributed by atoms with E-state index in [1.54, 1.807) is 11.3 Å². The number of ether oxygens (including phenoxy) is 1. The molecule has 1 amide bonds. The summed E-state index contributed by atoms with van der Waals surface area (Å²) in [5.74, 6) is 0.792. The number of aryl methyl sites for hydroxylation is 1. The zero-order chi connectivity index (χ0) is 21.1. The Hall–Kier alpha value is -2.91. The topological polar surface area (TPSA) is 118 Å². The molecule has 2 aromatic heterocycles. The maximum absolute atomic E-state index is 11.7. The molecule has 0 saturated heterocycles. The standard InChI is InChI=1S/C21H26N6O2S/c1-12-11-30-20(24-12)16-6-4-3-5-15(22)19-23-10-18(27-19)14-8-7-13(9-17(14)26-16)25-21(28)29-2/h7-11,15-16,26H,3-6,22H2,1-2H3,(H,23,27)(H,25,28). The number of imidazole rings is 1. The Bertz CT molecular complexity index is 1030. The van der Waals surface area contributed by atoms with Crippen molar-refractivity contribution in [3.63, 3.8) is 0 Å². The normalized spacial score (nSPS) is 19.0. The monoisotopic (exact) mass is 426 g/mol. The number of fused-ring (bicyclic) bond motifs is 4. The zero-order valence-corrected chi connectivity index (χ0v) is 17.9. The zero-order valence-electron chi connectivity index (χ0n) is 17.1. The van der Waals surface area contributed by atoms with Crippen molar-refractivity contribution in [2.45, 2.75) is 44.7 Å². The molecule has 158 valence electrons. The molecule has 3 heterocycles. The first-order valence-corrected chi connectivity index (χ1v) is 10.9. The van der Waals surface area contributed by atoms with Crippen molar-refractivity contribution in [1.82, 2.24) is 15.0 Å². The van der Waals surface area contributed by atoms with Crippen LogP contribution in [0.1, 0.15) is 54.3 Å². The van der Waals surface area contributed by atoms with Crippen molar-refractivity contribution in [3.05, 3.63) is 46.3 Å². The van der Waals surface area contributed by atoms with E-state index in [0.29, 0.717) is 5.69 Å². The van der Waals surface area contributed by atoms with Gasteiger partial charge in [0.15, 0.2) is 0 Å². The van der Waals surface area contributed by atoms with Gasteiger partial charge in [-0.1, -0.05) is 12.8 Å². The fourth-order valence-electron chi connectivity index (χ4n) is 3.62. The van der Waals surface area contributed by atoms with Crippen molar-refractivity contribution < 1.29 is 9.53 Å². The van der Waals surface area contributed by atoms with Crippen molar-refractivity contribution >= 4 is 28.8 Å². The van der Waals surface area contributed by atoms with Crippen LogP contribution < -0.4 is 16.4 Å². The van der Waals surface area contributed by atoms with Crippen LogP contribution in [-0.2, 0) is 4.74 Å². The number of hydrogen-bond acceptors (Lipinski definition) is 7. The van der Waals surface area contributed by atoms with Gasteiger partial charge in [0.05, 0.1) is 24.9 Å². The van der Waals surface area contributed by atoms with Crippen LogP contribution in [0.4, 0.5) is 16.2 Å². The van der Waals surface area contributed by atoms with Crippen LogP contribution in [0.3, 0.4) is 0 Å². The van der Waals surface area contributed by atoms with Gasteiger partial charge in [-0.15, -0.1) is 11.3 Å². The summed E-state index contributed by atoms with van der Waals surface area (Å²) in [6.45, 7) is 2.01. The van der Waals surface area contributed by atoms with Gasteiger partial charge >= 0.3 is 6.09 Å². The molecule has 2 unspecified atom stereocenters. The minimum Gasteiger partial charge on any atom is -0.453 e. The largest absolute Gasteiger partial charge is 0.453 e. The highest BCUT2D eigenvalue weighted by Gasteiger charge is 2.21. The fraction of sp³-hybridized carbons (Fsp3) is 0.381. The van der Waals surface area contributed by atoms with Gasteiger partial charge in [-0.2, -0.15) is 0 Å². The van der Waals surface area contributed by atoms with Crippen molar-refractivity contribution in [1.29, 1.82) is 0 Å². The first-order valence-electron chi connectivity index (χ1n) is 10.0. The number of carbonyl (C=O) groups excluding carboxylic acids is 1. The van der Waals surface area contributed by atoms with Crippen LogP contribution in [0.5, 0.6) is 0 Å². The second-order valence-corrected chi connectivity index (χ2v) is 8.35. The van der Waals surface area contributed by atoms with Gasteiger partial charge in [-0.3, -0.25) is 5.32 Å². The Balaban J connectivity index is 1.76. The van der Waals surface area contributed by atoms with E-state index < -0.39 is 6.09 Å². The number of aromatic amines is 1. The lowest BCUT2D eigenvalue weighted by Crippen LogP contribution is -2.15. The molecular weight excluding hydrogens is 400 g/mol. The summed E-state index contributed by atoms with van der Waals surface area (Å²) in [4.78, 5) is 24.4. The summed E-state index contributed by atoms with van der Waals surface area (Å²) in [5, 5.41) is 9.51. The van der Waals surface area contributed by atoms with Gasteiger partial charge in [-0.25, -0.2) is 14.8 Å². The average molecular weight is 427 g/mol. The number of hydrogen-bond donors (Lipinski definition) is 4. The number of aromatic nitrogens is 3. The molecule has 0 fully saturated rings. The molecule has 4 rings (SSSR count). The first kappa shape index (κ1) is 20.4. The first-order chi connectivity index (χ1) is 14.5. The third-order valence-electron chi connectivity index (χ3n) is 5.20. The van der Waals surface area contributed by atoms with E-state index in [1.165, 1.54) is 7.11 Å². The second kappa shape index (κ2) is 8.85. The highest BCUT2D eigenvalue weighted by atomic mass is 32.1. The number of H-pyrrole nitrogens is 1. The summed E-state index contributed by atoms with van der Waals surface area (Å²) < 4.78 is 4.73. The molecular formula is C21H26N6O2S. The van der Waals surface area contributed by atoms with Gasteiger partial charge in [0, 0.05) is 34.2 Å². The van der Waals surface area contributed by atoms with E-state index in [9.17, 15) is 4.79 Å². The van der Waals surface area contributed by atoms with Crippen LogP contribution in [0.15, 0.2) is 29.8 Å². The molecule has 2 bridgehead atoms. The molecule has 3 aromatic rings. The van der Waals surface area contributed by atoms with Gasteiger partial charge in [0.2, 0.25) is 0 Å². The van der Waals surface area contributed by atoms with E-state index in [-0.39, 0.29) is 12.1 Å². The molecule has 0 spiro atoms. The molecule has 8 nitrogen and oxygen atoms in total.